The Hall–Kier alpha value is -3.28. The van der Waals surface area contributed by atoms with Crippen LogP contribution in [-0.2, 0) is 0 Å². The molecule has 0 saturated carbocycles. The number of halogens is 1. The summed E-state index contributed by atoms with van der Waals surface area (Å²) in [6, 6.07) is 17.7. The highest BCUT2D eigenvalue weighted by atomic mass is 19.1. The molecule has 6 heteroatoms. The van der Waals surface area contributed by atoms with E-state index in [1.165, 1.54) is 12.1 Å². The second kappa shape index (κ2) is 7.76. The van der Waals surface area contributed by atoms with Crippen LogP contribution >= 0.6 is 0 Å². The first-order valence-electron chi connectivity index (χ1n) is 9.31. The van der Waals surface area contributed by atoms with Crippen LogP contribution in [0.2, 0.25) is 0 Å². The molecule has 5 nitrogen and oxygen atoms in total. The van der Waals surface area contributed by atoms with Crippen LogP contribution in [0.4, 0.5) is 10.2 Å². The van der Waals surface area contributed by atoms with E-state index in [-0.39, 0.29) is 11.7 Å². The predicted octanol–water partition coefficient (Wildman–Crippen LogP) is 3.55. The predicted molar refractivity (Wildman–Crippen MR) is 107 cm³/mol. The van der Waals surface area contributed by atoms with Gasteiger partial charge >= 0.3 is 0 Å². The van der Waals surface area contributed by atoms with Crippen molar-refractivity contribution in [3.8, 4) is 11.3 Å². The van der Waals surface area contributed by atoms with Crippen molar-refractivity contribution in [1.29, 1.82) is 0 Å². The van der Waals surface area contributed by atoms with E-state index in [0.29, 0.717) is 31.9 Å². The summed E-state index contributed by atoms with van der Waals surface area (Å²) in [7, 11) is 0. The number of hydrogen-bond donors (Lipinski definition) is 0. The standard InChI is InChI=1S/C22H21FN4O/c1-16-3-2-4-18(15-16)22(28)27-13-11-26(12-14-27)21-10-9-20(24-25-21)17-5-7-19(23)8-6-17/h2-10,15H,11-14H2,1H3. The van der Waals surface area contributed by atoms with Crippen molar-refractivity contribution >= 4 is 11.7 Å². The molecule has 4 rings (SSSR count). The molecule has 0 N–H and O–H groups in total. The number of carbonyl (C=O) groups excluding carboxylic acids is 1. The highest BCUT2D eigenvalue weighted by Gasteiger charge is 2.23. The zero-order valence-corrected chi connectivity index (χ0v) is 15.7. The van der Waals surface area contributed by atoms with Gasteiger partial charge in [-0.2, -0.15) is 0 Å². The van der Waals surface area contributed by atoms with E-state index in [9.17, 15) is 9.18 Å². The number of amides is 1. The van der Waals surface area contributed by atoms with Crippen molar-refractivity contribution in [1.82, 2.24) is 15.1 Å². The Morgan fingerprint density at radius 2 is 1.68 bits per heavy atom. The molecule has 28 heavy (non-hydrogen) atoms. The summed E-state index contributed by atoms with van der Waals surface area (Å²) in [5, 5.41) is 8.59. The highest BCUT2D eigenvalue weighted by molar-refractivity contribution is 5.94. The minimum absolute atomic E-state index is 0.0705. The summed E-state index contributed by atoms with van der Waals surface area (Å²) in [5.41, 5.74) is 3.35. The molecule has 1 aromatic heterocycles. The van der Waals surface area contributed by atoms with E-state index in [0.717, 1.165) is 22.5 Å². The Morgan fingerprint density at radius 1 is 0.929 bits per heavy atom. The number of aryl methyl sites for hydroxylation is 1. The van der Waals surface area contributed by atoms with Gasteiger partial charge in [0.05, 0.1) is 5.69 Å². The third kappa shape index (κ3) is 3.86. The van der Waals surface area contributed by atoms with Crippen molar-refractivity contribution in [3.05, 3.63) is 77.6 Å². The first-order valence-corrected chi connectivity index (χ1v) is 9.31. The summed E-state index contributed by atoms with van der Waals surface area (Å²) in [5.74, 6) is 0.584. The second-order valence-corrected chi connectivity index (χ2v) is 6.93. The molecule has 1 aliphatic rings. The fourth-order valence-corrected chi connectivity index (χ4v) is 3.37. The SMILES string of the molecule is Cc1cccc(C(=O)N2CCN(c3ccc(-c4ccc(F)cc4)nn3)CC2)c1. The Kier molecular flexibility index (Phi) is 5.02. The van der Waals surface area contributed by atoms with E-state index >= 15 is 0 Å². The van der Waals surface area contributed by atoms with E-state index in [4.69, 9.17) is 0 Å². The molecule has 0 spiro atoms. The van der Waals surface area contributed by atoms with Crippen LogP contribution in [0.1, 0.15) is 15.9 Å². The molecule has 0 unspecified atom stereocenters. The van der Waals surface area contributed by atoms with Crippen molar-refractivity contribution in [2.45, 2.75) is 6.92 Å². The van der Waals surface area contributed by atoms with Gasteiger partial charge in [0.1, 0.15) is 5.82 Å². The first-order chi connectivity index (χ1) is 13.6. The summed E-state index contributed by atoms with van der Waals surface area (Å²) < 4.78 is 13.1. The molecule has 1 saturated heterocycles. The Morgan fingerprint density at radius 3 is 2.32 bits per heavy atom. The Balaban J connectivity index is 1.39. The van der Waals surface area contributed by atoms with Gasteiger partial charge in [-0.1, -0.05) is 17.7 Å². The van der Waals surface area contributed by atoms with E-state index in [1.54, 1.807) is 12.1 Å². The van der Waals surface area contributed by atoms with E-state index in [1.807, 2.05) is 48.2 Å². The van der Waals surface area contributed by atoms with Gasteiger partial charge in [-0.3, -0.25) is 4.79 Å². The minimum atomic E-state index is -0.272. The smallest absolute Gasteiger partial charge is 0.253 e. The largest absolute Gasteiger partial charge is 0.352 e. The number of nitrogens with zero attached hydrogens (tertiary/aromatic N) is 4. The third-order valence-electron chi connectivity index (χ3n) is 4.95. The summed E-state index contributed by atoms with van der Waals surface area (Å²) in [6.07, 6.45) is 0. The number of benzene rings is 2. The van der Waals surface area contributed by atoms with Gasteiger partial charge in [0.25, 0.3) is 5.91 Å². The number of rotatable bonds is 3. The lowest BCUT2D eigenvalue weighted by molar-refractivity contribution is 0.0746. The minimum Gasteiger partial charge on any atom is -0.352 e. The molecule has 3 aromatic rings. The zero-order chi connectivity index (χ0) is 19.5. The van der Waals surface area contributed by atoms with E-state index in [2.05, 4.69) is 15.1 Å². The van der Waals surface area contributed by atoms with Crippen LogP contribution in [0, 0.1) is 12.7 Å². The lowest BCUT2D eigenvalue weighted by atomic mass is 10.1. The molecule has 0 atom stereocenters. The molecule has 0 bridgehead atoms. The van der Waals surface area contributed by atoms with Gasteiger partial charge in [0.2, 0.25) is 0 Å². The monoisotopic (exact) mass is 376 g/mol. The topological polar surface area (TPSA) is 49.3 Å². The molecule has 1 fully saturated rings. The average Bonchev–Trinajstić information content (AvgIpc) is 2.74. The van der Waals surface area contributed by atoms with Crippen LogP contribution in [0.5, 0.6) is 0 Å². The lowest BCUT2D eigenvalue weighted by Crippen LogP contribution is -2.49. The molecule has 0 radical (unpaired) electrons. The number of carbonyl (C=O) groups is 1. The summed E-state index contributed by atoms with van der Waals surface area (Å²) in [4.78, 5) is 16.7. The summed E-state index contributed by atoms with van der Waals surface area (Å²) >= 11 is 0. The van der Waals surface area contributed by atoms with Gasteiger partial charge < -0.3 is 9.80 Å². The number of hydrogen-bond acceptors (Lipinski definition) is 4. The molecule has 142 valence electrons. The van der Waals surface area contributed by atoms with Gasteiger partial charge in [-0.05, 0) is 55.5 Å². The fourth-order valence-electron chi connectivity index (χ4n) is 3.37. The number of aromatic nitrogens is 2. The van der Waals surface area contributed by atoms with Gasteiger partial charge in [-0.15, -0.1) is 10.2 Å². The lowest BCUT2D eigenvalue weighted by Gasteiger charge is -2.35. The zero-order valence-electron chi connectivity index (χ0n) is 15.7. The van der Waals surface area contributed by atoms with Gasteiger partial charge in [0.15, 0.2) is 5.82 Å². The van der Waals surface area contributed by atoms with Gasteiger partial charge in [0, 0.05) is 37.3 Å². The second-order valence-electron chi connectivity index (χ2n) is 6.93. The fraction of sp³-hybridized carbons (Fsp3) is 0.227. The van der Waals surface area contributed by atoms with E-state index < -0.39 is 0 Å². The Labute approximate surface area is 163 Å². The maximum atomic E-state index is 13.1. The third-order valence-corrected chi connectivity index (χ3v) is 4.95. The van der Waals surface area contributed by atoms with Gasteiger partial charge in [-0.25, -0.2) is 4.39 Å². The number of anilines is 1. The molecular weight excluding hydrogens is 355 g/mol. The first kappa shape index (κ1) is 18.1. The molecule has 0 aliphatic carbocycles. The average molecular weight is 376 g/mol. The van der Waals surface area contributed by atoms with Crippen LogP contribution in [0.25, 0.3) is 11.3 Å². The maximum Gasteiger partial charge on any atom is 0.253 e. The number of piperazine rings is 1. The van der Waals surface area contributed by atoms with Crippen LogP contribution in [0.3, 0.4) is 0 Å². The molecule has 2 aromatic carbocycles. The van der Waals surface area contributed by atoms with Crippen molar-refractivity contribution in [2.75, 3.05) is 31.1 Å². The molecular formula is C22H21FN4O. The molecule has 2 heterocycles. The van der Waals surface area contributed by atoms with Crippen LogP contribution < -0.4 is 4.90 Å². The maximum absolute atomic E-state index is 13.1. The molecule has 1 aliphatic heterocycles. The quantitative estimate of drug-likeness (QED) is 0.701. The van der Waals surface area contributed by atoms with Crippen LogP contribution in [-0.4, -0.2) is 47.2 Å². The van der Waals surface area contributed by atoms with Crippen LogP contribution in [0.15, 0.2) is 60.7 Å². The summed E-state index contributed by atoms with van der Waals surface area (Å²) in [6.45, 7) is 4.70. The van der Waals surface area contributed by atoms with Crippen molar-refractivity contribution in [3.63, 3.8) is 0 Å². The highest BCUT2D eigenvalue weighted by Crippen LogP contribution is 2.20. The van der Waals surface area contributed by atoms with Crippen molar-refractivity contribution in [2.24, 2.45) is 0 Å². The Bertz CT molecular complexity index is 965. The normalized spacial score (nSPS) is 14.2. The van der Waals surface area contributed by atoms with Crippen molar-refractivity contribution < 1.29 is 9.18 Å². The molecule has 1 amide bonds.